The van der Waals surface area contributed by atoms with E-state index >= 15 is 0 Å². The maximum absolute atomic E-state index is 12.4. The van der Waals surface area contributed by atoms with Crippen LogP contribution >= 0.6 is 22.9 Å². The van der Waals surface area contributed by atoms with Crippen molar-refractivity contribution in [1.82, 2.24) is 9.80 Å². The highest BCUT2D eigenvalue weighted by Gasteiger charge is 2.31. The summed E-state index contributed by atoms with van der Waals surface area (Å²) in [4.78, 5) is 27.5. The highest BCUT2D eigenvalue weighted by molar-refractivity contribution is 7.18. The van der Waals surface area contributed by atoms with Crippen LogP contribution in [0.3, 0.4) is 0 Å². The number of carbonyl (C=O) groups excluding carboxylic acids is 2. The van der Waals surface area contributed by atoms with Gasteiger partial charge < -0.3 is 4.90 Å². The topological polar surface area (TPSA) is 40.6 Å². The van der Waals surface area contributed by atoms with E-state index in [4.69, 9.17) is 11.6 Å². The largest absolute Gasteiger partial charge is 0.401 e. The Morgan fingerprint density at radius 3 is 2.50 bits per heavy atom. The maximum atomic E-state index is 12.4. The van der Waals surface area contributed by atoms with E-state index in [-0.39, 0.29) is 37.6 Å². The molecule has 0 atom stereocenters. The number of halogens is 4. The number of nitrogens with zero attached hydrogens (tertiary/aromatic N) is 2. The standard InChI is InChI=1S/C15H18ClF3N2O2S/c16-13-4-3-12(24-13)11(22)2-5-14(23)21-7-1-6-20(8-9-21)10-15(17,18)19/h3-4H,1-2,5-10H2. The highest BCUT2D eigenvalue weighted by Crippen LogP contribution is 2.23. The molecule has 0 radical (unpaired) electrons. The molecule has 1 fully saturated rings. The molecule has 2 heterocycles. The molecule has 1 aromatic heterocycles. The SMILES string of the molecule is O=C(CCC(=O)N1CCCN(CC(F)(F)F)CC1)c1ccc(Cl)s1. The van der Waals surface area contributed by atoms with Gasteiger partial charge in [0.15, 0.2) is 5.78 Å². The summed E-state index contributed by atoms with van der Waals surface area (Å²) in [5.74, 6) is -0.339. The fourth-order valence-corrected chi connectivity index (χ4v) is 3.61. The van der Waals surface area contributed by atoms with Crippen LogP contribution in [0.1, 0.15) is 28.9 Å². The summed E-state index contributed by atoms with van der Waals surface area (Å²) in [6, 6.07) is 3.26. The number of thiophene rings is 1. The molecule has 1 amide bonds. The molecule has 9 heteroatoms. The molecule has 1 aliphatic heterocycles. The van der Waals surface area contributed by atoms with E-state index in [0.29, 0.717) is 28.7 Å². The van der Waals surface area contributed by atoms with Crippen LogP contribution in [0.15, 0.2) is 12.1 Å². The number of alkyl halides is 3. The number of amides is 1. The summed E-state index contributed by atoms with van der Waals surface area (Å²) < 4.78 is 37.8. The predicted octanol–water partition coefficient (Wildman–Crippen LogP) is 3.46. The molecule has 0 bridgehead atoms. The van der Waals surface area contributed by atoms with Crippen molar-refractivity contribution in [3.63, 3.8) is 0 Å². The Kier molecular flexibility index (Phi) is 6.65. The van der Waals surface area contributed by atoms with Crippen molar-refractivity contribution in [3.05, 3.63) is 21.3 Å². The number of ketones is 1. The van der Waals surface area contributed by atoms with Crippen molar-refractivity contribution >= 4 is 34.6 Å². The Bertz CT molecular complexity index is 592. The summed E-state index contributed by atoms with van der Waals surface area (Å²) in [5, 5.41) is 0. The molecule has 2 rings (SSSR count). The van der Waals surface area contributed by atoms with Crippen LogP contribution < -0.4 is 0 Å². The quantitative estimate of drug-likeness (QED) is 0.732. The third kappa shape index (κ3) is 6.07. The third-order valence-corrected chi connectivity index (χ3v) is 5.03. The first kappa shape index (κ1) is 19.2. The molecule has 134 valence electrons. The van der Waals surface area contributed by atoms with Gasteiger partial charge in [0.05, 0.1) is 15.8 Å². The molecule has 4 nitrogen and oxygen atoms in total. The smallest absolute Gasteiger partial charge is 0.341 e. The summed E-state index contributed by atoms with van der Waals surface area (Å²) in [7, 11) is 0. The second-order valence-electron chi connectivity index (χ2n) is 5.65. The lowest BCUT2D eigenvalue weighted by Crippen LogP contribution is -2.38. The number of Topliss-reactive ketones (excluding diaryl/α,β-unsaturated/α-hetero) is 1. The molecular formula is C15H18ClF3N2O2S. The van der Waals surface area contributed by atoms with Gasteiger partial charge in [0.1, 0.15) is 0 Å². The minimum absolute atomic E-state index is 0.0631. The Labute approximate surface area is 147 Å². The normalized spacial score (nSPS) is 16.9. The van der Waals surface area contributed by atoms with E-state index in [9.17, 15) is 22.8 Å². The third-order valence-electron chi connectivity index (χ3n) is 3.76. The first-order chi connectivity index (χ1) is 11.2. The lowest BCUT2D eigenvalue weighted by Gasteiger charge is -2.22. The van der Waals surface area contributed by atoms with Crippen LogP contribution in [0.2, 0.25) is 4.34 Å². The molecule has 0 N–H and O–H groups in total. The van der Waals surface area contributed by atoms with Gasteiger partial charge in [0.2, 0.25) is 5.91 Å². The zero-order valence-electron chi connectivity index (χ0n) is 12.9. The van der Waals surface area contributed by atoms with Gasteiger partial charge in [-0.1, -0.05) is 11.6 Å². The van der Waals surface area contributed by atoms with Crippen molar-refractivity contribution in [2.45, 2.75) is 25.4 Å². The molecule has 0 aromatic carbocycles. The van der Waals surface area contributed by atoms with Crippen molar-refractivity contribution in [3.8, 4) is 0 Å². The second kappa shape index (κ2) is 8.31. The number of carbonyl (C=O) groups is 2. The van der Waals surface area contributed by atoms with E-state index < -0.39 is 12.7 Å². The molecule has 0 saturated carbocycles. The van der Waals surface area contributed by atoms with Gasteiger partial charge in [-0.3, -0.25) is 14.5 Å². The van der Waals surface area contributed by atoms with Gasteiger partial charge in [0.25, 0.3) is 0 Å². The van der Waals surface area contributed by atoms with Crippen LogP contribution in [0.25, 0.3) is 0 Å². The zero-order valence-corrected chi connectivity index (χ0v) is 14.5. The average Bonchev–Trinajstić information content (AvgIpc) is 2.79. The number of hydrogen-bond acceptors (Lipinski definition) is 4. The van der Waals surface area contributed by atoms with Gasteiger partial charge in [-0.05, 0) is 18.6 Å². The summed E-state index contributed by atoms with van der Waals surface area (Å²) >= 11 is 6.94. The number of hydrogen-bond donors (Lipinski definition) is 0. The molecule has 0 spiro atoms. The molecule has 24 heavy (non-hydrogen) atoms. The van der Waals surface area contributed by atoms with Crippen molar-refractivity contribution in [2.75, 3.05) is 32.7 Å². The molecule has 0 unspecified atom stereocenters. The van der Waals surface area contributed by atoms with Crippen molar-refractivity contribution in [1.29, 1.82) is 0 Å². The zero-order chi connectivity index (χ0) is 17.7. The second-order valence-corrected chi connectivity index (χ2v) is 7.37. The predicted molar refractivity (Wildman–Crippen MR) is 86.6 cm³/mol. The Hall–Kier alpha value is -1.12. The first-order valence-corrected chi connectivity index (χ1v) is 8.79. The summed E-state index contributed by atoms with van der Waals surface area (Å²) in [6.45, 7) is 0.239. The minimum atomic E-state index is -4.23. The van der Waals surface area contributed by atoms with Crippen molar-refractivity contribution in [2.24, 2.45) is 0 Å². The summed E-state index contributed by atoms with van der Waals surface area (Å²) in [5.41, 5.74) is 0. The minimum Gasteiger partial charge on any atom is -0.341 e. The van der Waals surface area contributed by atoms with Gasteiger partial charge in [-0.2, -0.15) is 13.2 Å². The average molecular weight is 383 g/mol. The highest BCUT2D eigenvalue weighted by atomic mass is 35.5. The van der Waals surface area contributed by atoms with E-state index in [1.807, 2.05) is 0 Å². The molecule has 1 aliphatic rings. The van der Waals surface area contributed by atoms with Gasteiger partial charge in [0, 0.05) is 39.0 Å². The molecule has 1 saturated heterocycles. The summed E-state index contributed by atoms with van der Waals surface area (Å²) in [6.07, 6.45) is -3.59. The maximum Gasteiger partial charge on any atom is 0.401 e. The number of rotatable bonds is 5. The fourth-order valence-electron chi connectivity index (χ4n) is 2.60. The van der Waals surface area contributed by atoms with Crippen LogP contribution in [-0.2, 0) is 4.79 Å². The lowest BCUT2D eigenvalue weighted by molar-refractivity contribution is -0.145. The van der Waals surface area contributed by atoms with E-state index in [1.54, 1.807) is 17.0 Å². The van der Waals surface area contributed by atoms with Gasteiger partial charge in [-0.25, -0.2) is 0 Å². The van der Waals surface area contributed by atoms with Crippen LogP contribution in [0.5, 0.6) is 0 Å². The molecular weight excluding hydrogens is 365 g/mol. The van der Waals surface area contributed by atoms with E-state index in [1.165, 1.54) is 16.2 Å². The lowest BCUT2D eigenvalue weighted by atomic mass is 10.2. The molecule has 1 aromatic rings. The van der Waals surface area contributed by atoms with Gasteiger partial charge >= 0.3 is 6.18 Å². The van der Waals surface area contributed by atoms with E-state index in [2.05, 4.69) is 0 Å². The van der Waals surface area contributed by atoms with E-state index in [0.717, 1.165) is 0 Å². The Balaban J connectivity index is 1.79. The Morgan fingerprint density at radius 2 is 1.88 bits per heavy atom. The Morgan fingerprint density at radius 1 is 1.12 bits per heavy atom. The fraction of sp³-hybridized carbons (Fsp3) is 0.600. The van der Waals surface area contributed by atoms with Crippen LogP contribution in [-0.4, -0.2) is 60.4 Å². The van der Waals surface area contributed by atoms with Crippen LogP contribution in [0.4, 0.5) is 13.2 Å². The monoisotopic (exact) mass is 382 g/mol. The molecule has 0 aliphatic carbocycles. The van der Waals surface area contributed by atoms with Gasteiger partial charge in [-0.15, -0.1) is 11.3 Å². The van der Waals surface area contributed by atoms with Crippen LogP contribution in [0, 0.1) is 0 Å². The van der Waals surface area contributed by atoms with Crippen molar-refractivity contribution < 1.29 is 22.8 Å². The first-order valence-electron chi connectivity index (χ1n) is 7.60.